The second-order valence-corrected chi connectivity index (χ2v) is 16.0. The summed E-state index contributed by atoms with van der Waals surface area (Å²) in [4.78, 5) is 15.1. The van der Waals surface area contributed by atoms with Crippen LogP contribution in [0.1, 0.15) is 105 Å². The van der Waals surface area contributed by atoms with Crippen LogP contribution in [0.15, 0.2) is 11.6 Å². The highest BCUT2D eigenvalue weighted by Crippen LogP contribution is 2.67. The number of nitrogens with zero attached hydrogens (tertiary/aromatic N) is 1. The Labute approximate surface area is 274 Å². The van der Waals surface area contributed by atoms with Crippen molar-refractivity contribution in [2.75, 3.05) is 65.9 Å². The predicted octanol–water partition coefficient (Wildman–Crippen LogP) is 7.92. The molecule has 5 aliphatic rings. The predicted molar refractivity (Wildman–Crippen MR) is 178 cm³/mol. The van der Waals surface area contributed by atoms with Crippen molar-refractivity contribution in [3.05, 3.63) is 11.6 Å². The minimum atomic E-state index is -0.258. The molecule has 7 heteroatoms. The zero-order valence-corrected chi connectivity index (χ0v) is 29.4. The van der Waals surface area contributed by atoms with Crippen LogP contribution < -0.4 is 0 Å². The lowest BCUT2D eigenvalue weighted by Crippen LogP contribution is -2.51. The van der Waals surface area contributed by atoms with E-state index in [1.54, 1.807) is 10.5 Å². The number of carbonyl (C=O) groups is 1. The van der Waals surface area contributed by atoms with Crippen LogP contribution in [-0.4, -0.2) is 83.0 Å². The van der Waals surface area contributed by atoms with Gasteiger partial charge in [0, 0.05) is 13.1 Å². The third kappa shape index (κ3) is 8.48. The SMILES string of the molecule is CC(C)CCC[C@@H](C)[C@H]1CC[C@H]2[C@@H]3CCC4=C[C@@H](OC(=O)N5CCOCCOCCOCCOCC5)CC[C@]4(C)[C@H]3CC[C@]12C. The first-order valence-corrected chi connectivity index (χ1v) is 18.7. The molecule has 1 heterocycles. The minimum Gasteiger partial charge on any atom is -0.442 e. The molecule has 0 aromatic heterocycles. The van der Waals surface area contributed by atoms with E-state index in [2.05, 4.69) is 40.7 Å². The standard InChI is InChI=1S/C38H65NO6/c1-28(2)7-6-8-29(3)33-11-12-34-32-10-9-30-27-31(13-15-37(30,4)35(32)14-16-38(33,34)5)45-36(40)39-17-19-41-21-23-43-25-26-44-24-22-42-20-18-39/h27-29,31-35H,6-26H2,1-5H3/t29-,31+,32+,33-,34+,35+,37+,38-/m1/s1. The van der Waals surface area contributed by atoms with Crippen molar-refractivity contribution in [1.29, 1.82) is 0 Å². The number of hydrogen-bond donors (Lipinski definition) is 0. The number of rotatable bonds is 6. The summed E-state index contributed by atoms with van der Waals surface area (Å²) in [5.74, 6) is 5.09. The minimum absolute atomic E-state index is 0.145. The van der Waals surface area contributed by atoms with Gasteiger partial charge in [0.1, 0.15) is 6.10 Å². The third-order valence-electron chi connectivity index (χ3n) is 12.9. The van der Waals surface area contributed by atoms with Gasteiger partial charge in [-0.1, -0.05) is 59.5 Å². The zero-order valence-electron chi connectivity index (χ0n) is 29.4. The first-order chi connectivity index (χ1) is 21.7. The van der Waals surface area contributed by atoms with Gasteiger partial charge in [0.25, 0.3) is 0 Å². The lowest BCUT2D eigenvalue weighted by Gasteiger charge is -2.59. The van der Waals surface area contributed by atoms with Crippen molar-refractivity contribution >= 4 is 6.09 Å². The molecule has 45 heavy (non-hydrogen) atoms. The smallest absolute Gasteiger partial charge is 0.410 e. The van der Waals surface area contributed by atoms with Gasteiger partial charge in [-0.3, -0.25) is 0 Å². The molecule has 0 aromatic rings. The molecule has 0 N–H and O–H groups in total. The Morgan fingerprint density at radius 2 is 1.47 bits per heavy atom. The van der Waals surface area contributed by atoms with E-state index in [0.717, 1.165) is 48.3 Å². The Bertz CT molecular complexity index is 954. The van der Waals surface area contributed by atoms with Gasteiger partial charge in [0.05, 0.1) is 52.9 Å². The van der Waals surface area contributed by atoms with Crippen LogP contribution in [0.5, 0.6) is 0 Å². The van der Waals surface area contributed by atoms with Gasteiger partial charge in [-0.15, -0.1) is 0 Å². The van der Waals surface area contributed by atoms with Gasteiger partial charge in [0.2, 0.25) is 0 Å². The molecule has 0 aromatic carbocycles. The zero-order chi connectivity index (χ0) is 31.9. The van der Waals surface area contributed by atoms with Crippen LogP contribution in [0.2, 0.25) is 0 Å². The average molecular weight is 632 g/mol. The van der Waals surface area contributed by atoms with Gasteiger partial charge in [-0.05, 0) is 104 Å². The summed E-state index contributed by atoms with van der Waals surface area (Å²) in [6, 6.07) is 0. The van der Waals surface area contributed by atoms with Crippen molar-refractivity contribution in [3.63, 3.8) is 0 Å². The molecule has 1 aliphatic heterocycles. The Morgan fingerprint density at radius 3 is 2.11 bits per heavy atom. The number of fused-ring (bicyclic) bond motifs is 5. The molecule has 1 amide bonds. The first kappa shape index (κ1) is 35.2. The summed E-state index contributed by atoms with van der Waals surface area (Å²) in [6.45, 7) is 17.6. The molecule has 7 nitrogen and oxygen atoms in total. The second-order valence-electron chi connectivity index (χ2n) is 16.0. The molecule has 258 valence electrons. The fourth-order valence-corrected chi connectivity index (χ4v) is 10.4. The third-order valence-corrected chi connectivity index (χ3v) is 12.9. The maximum Gasteiger partial charge on any atom is 0.410 e. The van der Waals surface area contributed by atoms with Gasteiger partial charge in [-0.25, -0.2) is 4.79 Å². The summed E-state index contributed by atoms with van der Waals surface area (Å²) >= 11 is 0. The molecule has 1 saturated heterocycles. The van der Waals surface area contributed by atoms with E-state index in [9.17, 15) is 4.79 Å². The second kappa shape index (κ2) is 16.3. The van der Waals surface area contributed by atoms with E-state index in [-0.39, 0.29) is 17.6 Å². The van der Waals surface area contributed by atoms with Crippen molar-refractivity contribution in [1.82, 2.24) is 4.90 Å². The van der Waals surface area contributed by atoms with E-state index in [4.69, 9.17) is 23.7 Å². The van der Waals surface area contributed by atoms with Crippen LogP contribution in [-0.2, 0) is 23.7 Å². The van der Waals surface area contributed by atoms with Gasteiger partial charge >= 0.3 is 6.09 Å². The van der Waals surface area contributed by atoms with Gasteiger partial charge < -0.3 is 28.6 Å². The molecule has 0 bridgehead atoms. The molecule has 0 spiro atoms. The maximum atomic E-state index is 13.4. The Kier molecular flexibility index (Phi) is 12.7. The van der Waals surface area contributed by atoms with Crippen molar-refractivity contribution < 1.29 is 28.5 Å². The van der Waals surface area contributed by atoms with E-state index in [1.165, 1.54) is 57.8 Å². The summed E-state index contributed by atoms with van der Waals surface area (Å²) in [6.07, 6.45) is 16.3. The van der Waals surface area contributed by atoms with Gasteiger partial charge in [-0.2, -0.15) is 0 Å². The van der Waals surface area contributed by atoms with Crippen LogP contribution in [0, 0.1) is 46.3 Å². The largest absolute Gasteiger partial charge is 0.442 e. The van der Waals surface area contributed by atoms with E-state index < -0.39 is 0 Å². The monoisotopic (exact) mass is 631 g/mol. The lowest BCUT2D eigenvalue weighted by atomic mass is 9.46. The topological polar surface area (TPSA) is 66.5 Å². The number of carbonyl (C=O) groups excluding carboxylic acids is 1. The number of allylic oxidation sites excluding steroid dienone is 1. The molecular formula is C38H65NO6. The fraction of sp³-hybridized carbons (Fsp3) is 0.921. The molecular weight excluding hydrogens is 566 g/mol. The summed E-state index contributed by atoms with van der Waals surface area (Å²) < 4.78 is 28.7. The summed E-state index contributed by atoms with van der Waals surface area (Å²) in [7, 11) is 0. The number of amides is 1. The van der Waals surface area contributed by atoms with Crippen LogP contribution in [0.3, 0.4) is 0 Å². The van der Waals surface area contributed by atoms with Crippen molar-refractivity contribution in [3.8, 4) is 0 Å². The van der Waals surface area contributed by atoms with Crippen molar-refractivity contribution in [2.45, 2.75) is 111 Å². The van der Waals surface area contributed by atoms with E-state index in [0.29, 0.717) is 71.4 Å². The number of ether oxygens (including phenoxy) is 5. The maximum absolute atomic E-state index is 13.4. The molecule has 8 atom stereocenters. The average Bonchev–Trinajstić information content (AvgIpc) is 3.36. The lowest BCUT2D eigenvalue weighted by molar-refractivity contribution is -0.0636. The Hall–Kier alpha value is -1.15. The Morgan fingerprint density at radius 1 is 0.822 bits per heavy atom. The Balaban J connectivity index is 1.17. The van der Waals surface area contributed by atoms with Gasteiger partial charge in [0.15, 0.2) is 0 Å². The fourth-order valence-electron chi connectivity index (χ4n) is 10.4. The molecule has 0 unspecified atom stereocenters. The molecule has 3 saturated carbocycles. The van der Waals surface area contributed by atoms with Crippen molar-refractivity contribution in [2.24, 2.45) is 46.3 Å². The van der Waals surface area contributed by atoms with Crippen LogP contribution in [0.25, 0.3) is 0 Å². The van der Waals surface area contributed by atoms with E-state index >= 15 is 0 Å². The molecule has 4 fully saturated rings. The highest BCUT2D eigenvalue weighted by atomic mass is 16.6. The normalized spacial score (nSPS) is 37.8. The van der Waals surface area contributed by atoms with Crippen LogP contribution >= 0.6 is 0 Å². The molecule has 5 rings (SSSR count). The quantitative estimate of drug-likeness (QED) is 0.278. The first-order valence-electron chi connectivity index (χ1n) is 18.7. The molecule has 0 radical (unpaired) electrons. The molecule has 4 aliphatic carbocycles. The summed E-state index contributed by atoms with van der Waals surface area (Å²) in [5, 5.41) is 0. The van der Waals surface area contributed by atoms with E-state index in [1.807, 2.05) is 0 Å². The summed E-state index contributed by atoms with van der Waals surface area (Å²) in [5.41, 5.74) is 2.34. The highest BCUT2D eigenvalue weighted by molar-refractivity contribution is 5.68. The van der Waals surface area contributed by atoms with Crippen LogP contribution in [0.4, 0.5) is 4.79 Å². The highest BCUT2D eigenvalue weighted by Gasteiger charge is 2.59. The number of hydrogen-bond acceptors (Lipinski definition) is 6.